The maximum absolute atomic E-state index is 12.8. The van der Waals surface area contributed by atoms with Crippen molar-refractivity contribution >= 4 is 35.1 Å². The summed E-state index contributed by atoms with van der Waals surface area (Å²) in [6.07, 6.45) is 1.96. The summed E-state index contributed by atoms with van der Waals surface area (Å²) in [6.45, 7) is 4.30. The van der Waals surface area contributed by atoms with Gasteiger partial charge in [0.25, 0.3) is 0 Å². The number of fused-ring (bicyclic) bond motifs is 1. The predicted octanol–water partition coefficient (Wildman–Crippen LogP) is 4.34. The van der Waals surface area contributed by atoms with Crippen molar-refractivity contribution in [1.29, 1.82) is 0 Å². The summed E-state index contributed by atoms with van der Waals surface area (Å²) in [5.74, 6) is 0.414. The Bertz CT molecular complexity index is 776. The zero-order valence-electron chi connectivity index (χ0n) is 13.3. The Morgan fingerprint density at radius 1 is 1.25 bits per heavy atom. The fraction of sp³-hybridized carbons (Fsp3) is 0.222. The normalized spacial score (nSPS) is 16.6. The lowest BCUT2D eigenvalue weighted by Gasteiger charge is -2.09. The van der Waals surface area contributed by atoms with Gasteiger partial charge in [-0.1, -0.05) is 29.1 Å². The van der Waals surface area contributed by atoms with Crippen LogP contribution in [0.15, 0.2) is 50.5 Å². The summed E-state index contributed by atoms with van der Waals surface area (Å²) < 4.78 is 11.9. The van der Waals surface area contributed by atoms with Crippen LogP contribution in [0, 0.1) is 0 Å². The monoisotopic (exact) mass is 360 g/mol. The fourth-order valence-corrected chi connectivity index (χ4v) is 4.11. The summed E-state index contributed by atoms with van der Waals surface area (Å²) >= 11 is 2.78. The molecule has 2 aliphatic heterocycles. The van der Waals surface area contributed by atoms with Gasteiger partial charge in [0.15, 0.2) is 6.61 Å². The van der Waals surface area contributed by atoms with E-state index < -0.39 is 0 Å². The Hall–Kier alpha value is -1.92. The van der Waals surface area contributed by atoms with E-state index in [4.69, 9.17) is 9.47 Å². The molecule has 2 heterocycles. The lowest BCUT2D eigenvalue weighted by atomic mass is 10.0. The second-order valence-electron chi connectivity index (χ2n) is 5.46. The van der Waals surface area contributed by atoms with Crippen LogP contribution in [-0.4, -0.2) is 24.8 Å². The summed E-state index contributed by atoms with van der Waals surface area (Å²) in [4.78, 5) is 25.1. The van der Waals surface area contributed by atoms with Gasteiger partial charge in [0, 0.05) is 6.07 Å². The molecule has 3 rings (SSSR count). The van der Waals surface area contributed by atoms with Gasteiger partial charge in [0.05, 0.1) is 15.4 Å². The van der Waals surface area contributed by atoms with E-state index in [0.717, 1.165) is 0 Å². The molecule has 2 aliphatic rings. The molecule has 0 aromatic heterocycles. The van der Waals surface area contributed by atoms with Crippen molar-refractivity contribution in [1.82, 2.24) is 0 Å². The number of ketones is 2. The number of hydrogen-bond acceptors (Lipinski definition) is 6. The molecule has 124 valence electrons. The van der Waals surface area contributed by atoms with Crippen LogP contribution in [0.5, 0.6) is 11.5 Å². The number of benzene rings is 1. The van der Waals surface area contributed by atoms with Crippen LogP contribution < -0.4 is 9.47 Å². The summed E-state index contributed by atoms with van der Waals surface area (Å²) in [7, 11) is 0. The number of hydrogen-bond donors (Lipinski definition) is 0. The maximum atomic E-state index is 12.8. The number of allylic oxidation sites excluding steroid dienone is 1. The lowest BCUT2D eigenvalue weighted by molar-refractivity contribution is -0.117. The van der Waals surface area contributed by atoms with E-state index in [-0.39, 0.29) is 23.7 Å². The highest BCUT2D eigenvalue weighted by atomic mass is 32.2. The molecule has 6 heteroatoms. The molecule has 0 N–H and O–H groups in total. The molecule has 0 saturated heterocycles. The number of carbonyl (C=O) groups is 2. The van der Waals surface area contributed by atoms with Gasteiger partial charge in [-0.25, -0.2) is 0 Å². The Labute approximate surface area is 149 Å². The molecule has 0 atom stereocenters. The largest absolute Gasteiger partial charge is 0.489 e. The minimum Gasteiger partial charge on any atom is -0.489 e. The molecule has 0 unspecified atom stereocenters. The molecule has 0 fully saturated rings. The van der Waals surface area contributed by atoms with Gasteiger partial charge in [-0.2, -0.15) is 0 Å². The molecule has 0 saturated carbocycles. The van der Waals surface area contributed by atoms with Gasteiger partial charge < -0.3 is 9.47 Å². The van der Waals surface area contributed by atoms with Gasteiger partial charge >= 0.3 is 0 Å². The molecule has 4 nitrogen and oxygen atoms in total. The third kappa shape index (κ3) is 3.60. The van der Waals surface area contributed by atoms with E-state index in [1.54, 1.807) is 18.2 Å². The fourth-order valence-electron chi connectivity index (χ4n) is 2.21. The number of carbonyl (C=O) groups excluding carboxylic acids is 2. The summed E-state index contributed by atoms with van der Waals surface area (Å²) in [5.41, 5.74) is 1.77. The topological polar surface area (TPSA) is 52.6 Å². The molecule has 0 aliphatic carbocycles. The van der Waals surface area contributed by atoms with E-state index in [2.05, 4.69) is 0 Å². The van der Waals surface area contributed by atoms with E-state index in [1.807, 2.05) is 30.7 Å². The second-order valence-corrected chi connectivity index (χ2v) is 7.55. The lowest BCUT2D eigenvalue weighted by Crippen LogP contribution is -2.16. The molecule has 0 bridgehead atoms. The zero-order valence-corrected chi connectivity index (χ0v) is 15.0. The molecule has 0 radical (unpaired) electrons. The summed E-state index contributed by atoms with van der Waals surface area (Å²) in [5, 5.41) is 3.72. The van der Waals surface area contributed by atoms with E-state index in [9.17, 15) is 9.59 Å². The zero-order chi connectivity index (χ0) is 17.1. The van der Waals surface area contributed by atoms with Crippen LogP contribution in [0.1, 0.15) is 24.2 Å². The average molecular weight is 360 g/mol. The third-order valence-electron chi connectivity index (χ3n) is 3.41. The van der Waals surface area contributed by atoms with Crippen LogP contribution in [0.2, 0.25) is 0 Å². The highest BCUT2D eigenvalue weighted by Gasteiger charge is 2.31. The van der Waals surface area contributed by atoms with Crippen LogP contribution in [0.3, 0.4) is 0 Å². The van der Waals surface area contributed by atoms with E-state index in [0.29, 0.717) is 27.9 Å². The minimum atomic E-state index is -0.290. The number of Topliss-reactive ketones (excluding diaryl/α,β-unsaturated/α-hetero) is 2. The number of rotatable bonds is 3. The van der Waals surface area contributed by atoms with Gasteiger partial charge in [-0.15, -0.1) is 0 Å². The standard InChI is InChI=1S/C18H16O4S2/c1-11(2)5-6-21-12-3-4-13-15(9-12)22-10-14(19)16(17(13)20)18-23-7-8-24-18/h3-5,7-9H,6,10H2,1-2H3. The Kier molecular flexibility index (Phi) is 5.16. The first-order valence-corrected chi connectivity index (χ1v) is 9.15. The van der Waals surface area contributed by atoms with Crippen molar-refractivity contribution in [3.8, 4) is 11.5 Å². The maximum Gasteiger partial charge on any atom is 0.205 e. The first-order chi connectivity index (χ1) is 11.6. The molecular formula is C18H16O4S2. The summed E-state index contributed by atoms with van der Waals surface area (Å²) in [6, 6.07) is 5.05. The van der Waals surface area contributed by atoms with Gasteiger partial charge in [-0.3, -0.25) is 9.59 Å². The van der Waals surface area contributed by atoms with E-state index in [1.165, 1.54) is 29.1 Å². The molecule has 1 aromatic rings. The molecular weight excluding hydrogens is 344 g/mol. The van der Waals surface area contributed by atoms with Gasteiger partial charge in [0.1, 0.15) is 18.1 Å². The smallest absolute Gasteiger partial charge is 0.205 e. The van der Waals surface area contributed by atoms with Crippen LogP contribution in [-0.2, 0) is 4.79 Å². The Balaban J connectivity index is 1.90. The first-order valence-electron chi connectivity index (χ1n) is 7.40. The molecule has 24 heavy (non-hydrogen) atoms. The van der Waals surface area contributed by atoms with Crippen molar-refractivity contribution in [2.45, 2.75) is 13.8 Å². The van der Waals surface area contributed by atoms with Gasteiger partial charge in [-0.05, 0) is 42.9 Å². The Morgan fingerprint density at radius 2 is 2.00 bits per heavy atom. The predicted molar refractivity (Wildman–Crippen MR) is 97.5 cm³/mol. The van der Waals surface area contributed by atoms with Crippen LogP contribution in [0.25, 0.3) is 0 Å². The van der Waals surface area contributed by atoms with Crippen molar-refractivity contribution in [2.75, 3.05) is 13.2 Å². The quantitative estimate of drug-likeness (QED) is 0.454. The third-order valence-corrected chi connectivity index (χ3v) is 5.54. The van der Waals surface area contributed by atoms with Crippen molar-refractivity contribution in [3.63, 3.8) is 0 Å². The molecule has 1 aromatic carbocycles. The minimum absolute atomic E-state index is 0.143. The molecule has 0 amide bonds. The second kappa shape index (κ2) is 7.32. The molecule has 0 spiro atoms. The highest BCUT2D eigenvalue weighted by Crippen LogP contribution is 2.42. The van der Waals surface area contributed by atoms with Gasteiger partial charge in [0.2, 0.25) is 11.6 Å². The van der Waals surface area contributed by atoms with Crippen molar-refractivity contribution < 1.29 is 19.1 Å². The average Bonchev–Trinajstić information content (AvgIpc) is 3.03. The van der Waals surface area contributed by atoms with Crippen molar-refractivity contribution in [3.05, 3.63) is 56.0 Å². The van der Waals surface area contributed by atoms with E-state index >= 15 is 0 Å². The SMILES string of the molecule is CC(C)=CCOc1ccc2c(c1)OCC(=O)C(=C1SC=CS1)C2=O. The highest BCUT2D eigenvalue weighted by molar-refractivity contribution is 8.27. The van der Waals surface area contributed by atoms with Crippen LogP contribution in [0.4, 0.5) is 0 Å². The number of thioether (sulfide) groups is 2. The first kappa shape index (κ1) is 16.9. The van der Waals surface area contributed by atoms with Crippen molar-refractivity contribution in [2.24, 2.45) is 0 Å². The Morgan fingerprint density at radius 3 is 2.71 bits per heavy atom. The van der Waals surface area contributed by atoms with Crippen LogP contribution >= 0.6 is 23.5 Å². The number of ether oxygens (including phenoxy) is 2.